The number of anilines is 1. The first-order valence-corrected chi connectivity index (χ1v) is 8.70. The topological polar surface area (TPSA) is 6.48 Å². The van der Waals surface area contributed by atoms with Gasteiger partial charge in [-0.25, -0.2) is 0 Å². The van der Waals surface area contributed by atoms with Crippen LogP contribution in [0.25, 0.3) is 0 Å². The van der Waals surface area contributed by atoms with Crippen molar-refractivity contribution in [2.75, 3.05) is 24.5 Å². The first-order valence-electron chi connectivity index (χ1n) is 7.91. The van der Waals surface area contributed by atoms with E-state index in [-0.39, 0.29) is 0 Å². The second-order valence-corrected chi connectivity index (χ2v) is 7.50. The third kappa shape index (κ3) is 2.89. The third-order valence-corrected chi connectivity index (χ3v) is 5.38. The summed E-state index contributed by atoms with van der Waals surface area (Å²) in [5.74, 6) is 0.692. The Balaban J connectivity index is 1.86. The van der Waals surface area contributed by atoms with Gasteiger partial charge in [0.25, 0.3) is 0 Å². The maximum atomic E-state index is 3.62. The van der Waals surface area contributed by atoms with Crippen molar-refractivity contribution in [1.29, 1.82) is 0 Å². The molecule has 0 bridgehead atoms. The number of piperazine rings is 1. The molecule has 0 aliphatic carbocycles. The molecule has 1 aromatic rings. The highest BCUT2D eigenvalue weighted by atomic mass is 79.9. The lowest BCUT2D eigenvalue weighted by Gasteiger charge is -2.50. The summed E-state index contributed by atoms with van der Waals surface area (Å²) in [6.07, 6.45) is 4.16. The van der Waals surface area contributed by atoms with E-state index in [1.165, 1.54) is 49.1 Å². The van der Waals surface area contributed by atoms with E-state index < -0.39 is 0 Å². The van der Waals surface area contributed by atoms with Crippen LogP contribution in [0.2, 0.25) is 0 Å². The molecule has 2 heterocycles. The van der Waals surface area contributed by atoms with Crippen molar-refractivity contribution in [3.8, 4) is 0 Å². The van der Waals surface area contributed by atoms with Gasteiger partial charge in [0.15, 0.2) is 0 Å². The number of piperidine rings is 1. The standard InChI is InChI=1S/C17H25BrN2/c1-13(2)17-12-19-9-4-3-7-16(19)11-20(17)15-8-5-6-14(18)10-15/h5-6,8,10,13,16-17H,3-4,7,9,11-12H2,1-2H3. The van der Waals surface area contributed by atoms with Crippen LogP contribution in [0, 0.1) is 5.92 Å². The number of hydrogen-bond donors (Lipinski definition) is 0. The maximum Gasteiger partial charge on any atom is 0.0440 e. The summed E-state index contributed by atoms with van der Waals surface area (Å²) in [5, 5.41) is 0. The van der Waals surface area contributed by atoms with E-state index in [1.54, 1.807) is 0 Å². The van der Waals surface area contributed by atoms with Gasteiger partial charge in [0.05, 0.1) is 0 Å². The fraction of sp³-hybridized carbons (Fsp3) is 0.647. The molecule has 0 saturated carbocycles. The largest absolute Gasteiger partial charge is 0.365 e. The van der Waals surface area contributed by atoms with Crippen molar-refractivity contribution < 1.29 is 0 Å². The van der Waals surface area contributed by atoms with Crippen LogP contribution < -0.4 is 4.90 Å². The van der Waals surface area contributed by atoms with E-state index in [9.17, 15) is 0 Å². The lowest BCUT2D eigenvalue weighted by Crippen LogP contribution is -2.61. The van der Waals surface area contributed by atoms with Crippen LogP contribution in [-0.2, 0) is 0 Å². The predicted octanol–water partition coefficient (Wildman–Crippen LogP) is 4.15. The average molecular weight is 337 g/mol. The van der Waals surface area contributed by atoms with E-state index in [1.807, 2.05) is 0 Å². The van der Waals surface area contributed by atoms with Crippen LogP contribution >= 0.6 is 15.9 Å². The highest BCUT2D eigenvalue weighted by molar-refractivity contribution is 9.10. The summed E-state index contributed by atoms with van der Waals surface area (Å²) in [6, 6.07) is 10.2. The molecule has 2 unspecified atom stereocenters. The van der Waals surface area contributed by atoms with E-state index in [0.29, 0.717) is 12.0 Å². The highest BCUT2D eigenvalue weighted by Crippen LogP contribution is 2.31. The van der Waals surface area contributed by atoms with Gasteiger partial charge in [0, 0.05) is 35.3 Å². The monoisotopic (exact) mass is 336 g/mol. The summed E-state index contributed by atoms with van der Waals surface area (Å²) < 4.78 is 1.18. The maximum absolute atomic E-state index is 3.62. The molecule has 110 valence electrons. The van der Waals surface area contributed by atoms with Crippen molar-refractivity contribution in [3.63, 3.8) is 0 Å². The van der Waals surface area contributed by atoms with Crippen LogP contribution in [0.4, 0.5) is 5.69 Å². The normalized spacial score (nSPS) is 27.7. The molecule has 2 aliphatic rings. The highest BCUT2D eigenvalue weighted by Gasteiger charge is 2.36. The first kappa shape index (κ1) is 14.4. The lowest BCUT2D eigenvalue weighted by atomic mass is 9.91. The van der Waals surface area contributed by atoms with Crippen LogP contribution in [0.3, 0.4) is 0 Å². The van der Waals surface area contributed by atoms with Crippen molar-refractivity contribution in [2.24, 2.45) is 5.92 Å². The van der Waals surface area contributed by atoms with Crippen LogP contribution in [0.5, 0.6) is 0 Å². The van der Waals surface area contributed by atoms with Crippen molar-refractivity contribution in [3.05, 3.63) is 28.7 Å². The Kier molecular flexibility index (Phi) is 4.37. The molecule has 0 spiro atoms. The molecule has 3 heteroatoms. The SMILES string of the molecule is CC(C)C1CN2CCCCC2CN1c1cccc(Br)c1. The Bertz CT molecular complexity index is 460. The molecule has 0 radical (unpaired) electrons. The minimum Gasteiger partial charge on any atom is -0.365 e. The minimum absolute atomic E-state index is 0.638. The third-order valence-electron chi connectivity index (χ3n) is 4.89. The Morgan fingerprint density at radius 2 is 2.05 bits per heavy atom. The Hall–Kier alpha value is -0.540. The summed E-state index contributed by atoms with van der Waals surface area (Å²) in [5.41, 5.74) is 1.38. The van der Waals surface area contributed by atoms with Gasteiger partial charge in [-0.2, -0.15) is 0 Å². The zero-order chi connectivity index (χ0) is 14.1. The smallest absolute Gasteiger partial charge is 0.0440 e. The fourth-order valence-electron chi connectivity index (χ4n) is 3.73. The molecule has 0 N–H and O–H groups in total. The summed E-state index contributed by atoms with van der Waals surface area (Å²) in [6.45, 7) is 8.45. The number of halogens is 1. The predicted molar refractivity (Wildman–Crippen MR) is 89.3 cm³/mol. The van der Waals surface area contributed by atoms with Gasteiger partial charge in [-0.1, -0.05) is 42.3 Å². The number of hydrogen-bond acceptors (Lipinski definition) is 2. The van der Waals surface area contributed by atoms with Crippen LogP contribution in [0.15, 0.2) is 28.7 Å². The molecule has 0 amide bonds. The van der Waals surface area contributed by atoms with Crippen LogP contribution in [0.1, 0.15) is 33.1 Å². The average Bonchev–Trinajstić information content (AvgIpc) is 2.46. The van der Waals surface area contributed by atoms with Gasteiger partial charge in [-0.05, 0) is 43.5 Å². The molecule has 0 aromatic heterocycles. The number of benzene rings is 1. The molecule has 1 aromatic carbocycles. The summed E-state index contributed by atoms with van der Waals surface area (Å²) >= 11 is 3.62. The second-order valence-electron chi connectivity index (χ2n) is 6.59. The number of rotatable bonds is 2. The summed E-state index contributed by atoms with van der Waals surface area (Å²) in [4.78, 5) is 5.39. The molecule has 20 heavy (non-hydrogen) atoms. The lowest BCUT2D eigenvalue weighted by molar-refractivity contribution is 0.100. The molecular formula is C17H25BrN2. The van der Waals surface area contributed by atoms with Gasteiger partial charge < -0.3 is 4.90 Å². The Labute approximate surface area is 131 Å². The molecule has 2 aliphatic heterocycles. The van der Waals surface area contributed by atoms with E-state index in [2.05, 4.69) is 63.8 Å². The zero-order valence-electron chi connectivity index (χ0n) is 12.6. The first-order chi connectivity index (χ1) is 9.65. The van der Waals surface area contributed by atoms with E-state index in [0.717, 1.165) is 6.04 Å². The zero-order valence-corrected chi connectivity index (χ0v) is 14.1. The molecule has 2 fully saturated rings. The minimum atomic E-state index is 0.638. The van der Waals surface area contributed by atoms with Crippen LogP contribution in [-0.4, -0.2) is 36.6 Å². The Morgan fingerprint density at radius 1 is 1.20 bits per heavy atom. The van der Waals surface area contributed by atoms with Gasteiger partial charge in [0.1, 0.15) is 0 Å². The van der Waals surface area contributed by atoms with Crippen molar-refractivity contribution >= 4 is 21.6 Å². The molecule has 2 saturated heterocycles. The fourth-order valence-corrected chi connectivity index (χ4v) is 4.12. The quantitative estimate of drug-likeness (QED) is 0.800. The van der Waals surface area contributed by atoms with Gasteiger partial charge >= 0.3 is 0 Å². The summed E-state index contributed by atoms with van der Waals surface area (Å²) in [7, 11) is 0. The second kappa shape index (κ2) is 6.07. The Morgan fingerprint density at radius 3 is 2.80 bits per heavy atom. The van der Waals surface area contributed by atoms with E-state index in [4.69, 9.17) is 0 Å². The molecule has 2 nitrogen and oxygen atoms in total. The van der Waals surface area contributed by atoms with Crippen molar-refractivity contribution in [2.45, 2.75) is 45.2 Å². The van der Waals surface area contributed by atoms with Gasteiger partial charge in [0.2, 0.25) is 0 Å². The number of fused-ring (bicyclic) bond motifs is 1. The molecule has 3 rings (SSSR count). The molecular weight excluding hydrogens is 312 g/mol. The number of nitrogens with zero attached hydrogens (tertiary/aromatic N) is 2. The van der Waals surface area contributed by atoms with Gasteiger partial charge in [-0.15, -0.1) is 0 Å². The van der Waals surface area contributed by atoms with Gasteiger partial charge in [-0.3, -0.25) is 4.90 Å². The van der Waals surface area contributed by atoms with Crippen molar-refractivity contribution in [1.82, 2.24) is 4.90 Å². The van der Waals surface area contributed by atoms with E-state index >= 15 is 0 Å². The molecule has 2 atom stereocenters.